The van der Waals surface area contributed by atoms with Crippen LogP contribution in [0.2, 0.25) is 5.02 Å². The number of ether oxygens (including phenoxy) is 1. The summed E-state index contributed by atoms with van der Waals surface area (Å²) in [6, 6.07) is 10.7. The molecule has 0 saturated carbocycles. The van der Waals surface area contributed by atoms with Gasteiger partial charge in [0.2, 0.25) is 0 Å². The smallest absolute Gasteiger partial charge is 0.282 e. The Morgan fingerprint density at radius 2 is 2.00 bits per heavy atom. The van der Waals surface area contributed by atoms with Gasteiger partial charge in [0.1, 0.15) is 11.6 Å². The van der Waals surface area contributed by atoms with Crippen molar-refractivity contribution in [2.75, 3.05) is 6.61 Å². The Morgan fingerprint density at radius 1 is 1.25 bits per heavy atom. The monoisotopic (exact) mass is 461 g/mol. The molecule has 0 saturated heterocycles. The van der Waals surface area contributed by atoms with Crippen molar-refractivity contribution >= 4 is 44.6 Å². The molecule has 0 bridgehead atoms. The highest BCUT2D eigenvalue weighted by atomic mass is 79.9. The van der Waals surface area contributed by atoms with E-state index >= 15 is 0 Å². The maximum Gasteiger partial charge on any atom is 0.282 e. The van der Waals surface area contributed by atoms with Gasteiger partial charge in [-0.3, -0.25) is 4.79 Å². The van der Waals surface area contributed by atoms with Gasteiger partial charge in [0.05, 0.1) is 23.7 Å². The van der Waals surface area contributed by atoms with E-state index in [-0.39, 0.29) is 11.0 Å². The molecule has 1 aromatic heterocycles. The Labute approximate surface area is 177 Å². The summed E-state index contributed by atoms with van der Waals surface area (Å²) in [6.07, 6.45) is 1.57. The third kappa shape index (κ3) is 4.80. The third-order valence-electron chi connectivity index (χ3n) is 3.91. The minimum Gasteiger partial charge on any atom is -0.492 e. The molecule has 0 atom stereocenters. The van der Waals surface area contributed by atoms with Crippen LogP contribution in [0.3, 0.4) is 0 Å². The molecule has 0 fully saturated rings. The summed E-state index contributed by atoms with van der Waals surface area (Å²) < 4.78 is 8.02. The highest BCUT2D eigenvalue weighted by Gasteiger charge is 2.13. The maximum absolute atomic E-state index is 12.9. The fourth-order valence-electron chi connectivity index (χ4n) is 2.56. The minimum atomic E-state index is -0.237. The molecule has 0 aliphatic carbocycles. The van der Waals surface area contributed by atoms with Crippen LogP contribution >= 0.6 is 27.5 Å². The normalized spacial score (nSPS) is 12.1. The SMILES string of the molecule is Cc1nc2ccc(Br)cc2c(=O)n1N=Cc1cc(Cl)ccc1OCC(C)(C)C. The first kappa shape index (κ1) is 20.6. The molecule has 3 rings (SSSR count). The van der Waals surface area contributed by atoms with Crippen LogP contribution in [0.4, 0.5) is 0 Å². The largest absolute Gasteiger partial charge is 0.492 e. The molecule has 28 heavy (non-hydrogen) atoms. The van der Waals surface area contributed by atoms with Crippen LogP contribution in [-0.2, 0) is 0 Å². The average molecular weight is 463 g/mol. The molecule has 0 amide bonds. The van der Waals surface area contributed by atoms with Gasteiger partial charge < -0.3 is 4.74 Å². The average Bonchev–Trinajstić information content (AvgIpc) is 2.61. The summed E-state index contributed by atoms with van der Waals surface area (Å²) in [5.74, 6) is 1.15. The molecule has 0 unspecified atom stereocenters. The van der Waals surface area contributed by atoms with Crippen molar-refractivity contribution < 1.29 is 4.74 Å². The quantitative estimate of drug-likeness (QED) is 0.486. The van der Waals surface area contributed by atoms with Crippen molar-refractivity contribution in [3.8, 4) is 5.75 Å². The summed E-state index contributed by atoms with van der Waals surface area (Å²) in [5.41, 5.74) is 1.10. The lowest BCUT2D eigenvalue weighted by Gasteiger charge is -2.19. The summed E-state index contributed by atoms with van der Waals surface area (Å²) in [5, 5.41) is 5.42. The van der Waals surface area contributed by atoms with Crippen molar-refractivity contribution in [1.82, 2.24) is 9.66 Å². The molecule has 1 heterocycles. The maximum atomic E-state index is 12.9. The molecule has 7 heteroatoms. The highest BCUT2D eigenvalue weighted by Crippen LogP contribution is 2.24. The number of hydrogen-bond acceptors (Lipinski definition) is 4. The number of hydrogen-bond donors (Lipinski definition) is 0. The molecular weight excluding hydrogens is 442 g/mol. The Morgan fingerprint density at radius 3 is 2.71 bits per heavy atom. The minimum absolute atomic E-state index is 0.0111. The Bertz CT molecular complexity index is 1120. The van der Waals surface area contributed by atoms with E-state index in [9.17, 15) is 4.79 Å². The second-order valence-electron chi connectivity index (χ2n) is 7.71. The predicted molar refractivity (Wildman–Crippen MR) is 118 cm³/mol. The summed E-state index contributed by atoms with van der Waals surface area (Å²) >= 11 is 9.53. The molecule has 0 spiro atoms. The van der Waals surface area contributed by atoms with Gasteiger partial charge >= 0.3 is 0 Å². The molecule has 3 aromatic rings. The van der Waals surface area contributed by atoms with Crippen LogP contribution < -0.4 is 10.3 Å². The topological polar surface area (TPSA) is 56.5 Å². The van der Waals surface area contributed by atoms with Crippen LogP contribution in [0.25, 0.3) is 10.9 Å². The number of fused-ring (bicyclic) bond motifs is 1. The van der Waals surface area contributed by atoms with Crippen LogP contribution in [0, 0.1) is 12.3 Å². The summed E-state index contributed by atoms with van der Waals surface area (Å²) in [7, 11) is 0. The van der Waals surface area contributed by atoms with Gasteiger partial charge in [0.15, 0.2) is 0 Å². The summed E-state index contributed by atoms with van der Waals surface area (Å²) in [4.78, 5) is 17.3. The Balaban J connectivity index is 2.02. The van der Waals surface area contributed by atoms with Crippen LogP contribution in [0.15, 0.2) is 50.8 Å². The van der Waals surface area contributed by atoms with Crippen molar-refractivity contribution in [3.05, 3.63) is 67.6 Å². The third-order valence-corrected chi connectivity index (χ3v) is 4.64. The van der Waals surface area contributed by atoms with E-state index in [2.05, 4.69) is 46.8 Å². The van der Waals surface area contributed by atoms with E-state index in [1.165, 1.54) is 4.68 Å². The molecule has 0 aliphatic rings. The first-order valence-electron chi connectivity index (χ1n) is 8.80. The molecular formula is C21H21BrClN3O2. The molecule has 5 nitrogen and oxygen atoms in total. The van der Waals surface area contributed by atoms with Crippen LogP contribution in [-0.4, -0.2) is 22.5 Å². The standard InChI is InChI=1S/C21H21BrClN3O2/c1-13-25-18-7-5-15(22)10-17(18)20(27)26(13)24-11-14-9-16(23)6-8-19(14)28-12-21(2,3)4/h5-11H,12H2,1-4H3. The second kappa shape index (κ2) is 8.05. The number of nitrogens with zero attached hydrogens (tertiary/aromatic N) is 3. The highest BCUT2D eigenvalue weighted by molar-refractivity contribution is 9.10. The fraction of sp³-hybridized carbons (Fsp3) is 0.286. The van der Waals surface area contributed by atoms with Crippen LogP contribution in [0.1, 0.15) is 32.2 Å². The van der Waals surface area contributed by atoms with Gasteiger partial charge in [-0.15, -0.1) is 0 Å². The Kier molecular flexibility index (Phi) is 5.91. The molecule has 0 N–H and O–H groups in total. The lowest BCUT2D eigenvalue weighted by molar-refractivity contribution is 0.197. The zero-order valence-corrected chi connectivity index (χ0v) is 18.5. The second-order valence-corrected chi connectivity index (χ2v) is 9.07. The van der Waals surface area contributed by atoms with E-state index in [4.69, 9.17) is 16.3 Å². The van der Waals surface area contributed by atoms with Crippen LogP contribution in [0.5, 0.6) is 5.75 Å². The number of rotatable bonds is 4. The van der Waals surface area contributed by atoms with E-state index in [0.717, 1.165) is 4.47 Å². The number of aryl methyl sites for hydroxylation is 1. The van der Waals surface area contributed by atoms with E-state index in [1.54, 1.807) is 43.5 Å². The lowest BCUT2D eigenvalue weighted by Crippen LogP contribution is -2.21. The van der Waals surface area contributed by atoms with Crippen molar-refractivity contribution in [2.24, 2.45) is 10.5 Å². The number of benzene rings is 2. The molecule has 0 aliphatic heterocycles. The van der Waals surface area contributed by atoms with E-state index < -0.39 is 0 Å². The predicted octanol–water partition coefficient (Wildman–Crippen LogP) is 5.43. The molecule has 146 valence electrons. The first-order valence-corrected chi connectivity index (χ1v) is 9.97. The molecule has 0 radical (unpaired) electrons. The zero-order chi connectivity index (χ0) is 20.5. The van der Waals surface area contributed by atoms with Crippen molar-refractivity contribution in [1.29, 1.82) is 0 Å². The van der Waals surface area contributed by atoms with Gasteiger partial charge in [-0.25, -0.2) is 4.98 Å². The van der Waals surface area contributed by atoms with Gasteiger partial charge in [0, 0.05) is 15.1 Å². The van der Waals surface area contributed by atoms with Gasteiger partial charge in [-0.1, -0.05) is 48.3 Å². The van der Waals surface area contributed by atoms with E-state index in [0.29, 0.717) is 39.7 Å². The number of halogens is 2. The van der Waals surface area contributed by atoms with E-state index in [1.807, 2.05) is 6.07 Å². The molecule has 2 aromatic carbocycles. The number of aromatic nitrogens is 2. The van der Waals surface area contributed by atoms with Gasteiger partial charge in [0.25, 0.3) is 5.56 Å². The fourth-order valence-corrected chi connectivity index (χ4v) is 3.10. The van der Waals surface area contributed by atoms with Gasteiger partial charge in [-0.05, 0) is 48.7 Å². The first-order chi connectivity index (χ1) is 13.1. The summed E-state index contributed by atoms with van der Waals surface area (Å²) in [6.45, 7) is 8.57. The van der Waals surface area contributed by atoms with Crippen molar-refractivity contribution in [3.63, 3.8) is 0 Å². The van der Waals surface area contributed by atoms with Gasteiger partial charge in [-0.2, -0.15) is 9.78 Å². The zero-order valence-electron chi connectivity index (χ0n) is 16.2. The lowest BCUT2D eigenvalue weighted by atomic mass is 9.99. The van der Waals surface area contributed by atoms with Crippen molar-refractivity contribution in [2.45, 2.75) is 27.7 Å². The Hall–Kier alpha value is -2.18.